The first-order chi connectivity index (χ1) is 12.8. The van der Waals surface area contributed by atoms with Crippen molar-refractivity contribution in [1.82, 2.24) is 9.62 Å². The van der Waals surface area contributed by atoms with Gasteiger partial charge in [-0.3, -0.25) is 4.79 Å². The molecular weight excluding hydrogens is 360 g/mol. The van der Waals surface area contributed by atoms with Gasteiger partial charge in [-0.2, -0.15) is 4.31 Å². The van der Waals surface area contributed by atoms with Crippen molar-refractivity contribution in [3.05, 3.63) is 35.4 Å². The Morgan fingerprint density at radius 1 is 1.19 bits per heavy atom. The van der Waals surface area contributed by atoms with E-state index >= 15 is 0 Å². The summed E-state index contributed by atoms with van der Waals surface area (Å²) in [4.78, 5) is 12.9. The summed E-state index contributed by atoms with van der Waals surface area (Å²) in [6.07, 6.45) is 9.24. The zero-order valence-electron chi connectivity index (χ0n) is 16.5. The number of amides is 1. The molecule has 2 aliphatic rings. The number of rotatable bonds is 5. The van der Waals surface area contributed by atoms with Crippen molar-refractivity contribution in [2.45, 2.75) is 69.7 Å². The molecule has 0 aromatic heterocycles. The van der Waals surface area contributed by atoms with E-state index in [9.17, 15) is 13.2 Å². The second-order valence-electron chi connectivity index (χ2n) is 8.31. The molecule has 1 aliphatic carbocycles. The van der Waals surface area contributed by atoms with Crippen LogP contribution in [-0.4, -0.2) is 44.0 Å². The summed E-state index contributed by atoms with van der Waals surface area (Å²) in [6, 6.07) is 8.04. The number of carbonyl (C=O) groups excluding carboxylic acids is 1. The molecule has 0 unspecified atom stereocenters. The molecule has 0 bridgehead atoms. The van der Waals surface area contributed by atoms with Crippen LogP contribution in [0.5, 0.6) is 0 Å². The summed E-state index contributed by atoms with van der Waals surface area (Å²) in [5, 5.41) is 3.14. The Kier molecular flexibility index (Phi) is 6.26. The molecule has 150 valence electrons. The Balaban J connectivity index is 1.76. The third kappa shape index (κ3) is 4.72. The molecule has 1 atom stereocenters. The maximum atomic E-state index is 12.9. The molecular formula is C21H32N2O3S. The van der Waals surface area contributed by atoms with Crippen LogP contribution in [0.15, 0.2) is 24.3 Å². The highest BCUT2D eigenvalue weighted by Crippen LogP contribution is 2.39. The highest BCUT2D eigenvalue weighted by Gasteiger charge is 2.38. The fourth-order valence-electron chi connectivity index (χ4n) is 4.71. The number of nitrogens with zero attached hydrogens (tertiary/aromatic N) is 1. The van der Waals surface area contributed by atoms with Gasteiger partial charge in [0.2, 0.25) is 15.9 Å². The normalized spacial score (nSPS) is 23.7. The smallest absolute Gasteiger partial charge is 0.238 e. The molecule has 0 spiro atoms. The maximum absolute atomic E-state index is 12.9. The van der Waals surface area contributed by atoms with Crippen molar-refractivity contribution in [3.8, 4) is 0 Å². The first-order valence-corrected chi connectivity index (χ1v) is 12.0. The van der Waals surface area contributed by atoms with Gasteiger partial charge in [0.25, 0.3) is 0 Å². The molecule has 1 aromatic rings. The van der Waals surface area contributed by atoms with E-state index < -0.39 is 16.1 Å². The topological polar surface area (TPSA) is 66.5 Å². The standard InChI is InChI=1S/C21H32N2O3S/c1-17-9-8-10-18(15-17)21(12-5-3-6-13-21)16-22-20(24)19-11-4-7-14-23(19)27(2,25)26/h8-10,15,19H,3-7,11-14,16H2,1-2H3,(H,22,24)/t19-/m0/s1. The quantitative estimate of drug-likeness (QED) is 0.837. The molecule has 1 saturated heterocycles. The van der Waals surface area contributed by atoms with Crippen LogP contribution in [0.25, 0.3) is 0 Å². The minimum absolute atomic E-state index is 0.0372. The molecule has 27 heavy (non-hydrogen) atoms. The number of aryl methyl sites for hydroxylation is 1. The van der Waals surface area contributed by atoms with Crippen LogP contribution in [0.3, 0.4) is 0 Å². The van der Waals surface area contributed by atoms with E-state index in [1.165, 1.54) is 41.0 Å². The largest absolute Gasteiger partial charge is 0.354 e. The van der Waals surface area contributed by atoms with E-state index in [1.54, 1.807) is 0 Å². The van der Waals surface area contributed by atoms with Gasteiger partial charge in [-0.25, -0.2) is 8.42 Å². The van der Waals surface area contributed by atoms with Crippen molar-refractivity contribution >= 4 is 15.9 Å². The van der Waals surface area contributed by atoms with Gasteiger partial charge in [0.05, 0.1) is 6.26 Å². The third-order valence-corrected chi connectivity index (χ3v) is 7.51. The molecule has 1 saturated carbocycles. The van der Waals surface area contributed by atoms with Crippen molar-refractivity contribution in [2.24, 2.45) is 0 Å². The minimum Gasteiger partial charge on any atom is -0.354 e. The van der Waals surface area contributed by atoms with Crippen LogP contribution < -0.4 is 5.32 Å². The van der Waals surface area contributed by atoms with Gasteiger partial charge < -0.3 is 5.32 Å². The fraction of sp³-hybridized carbons (Fsp3) is 0.667. The zero-order chi connectivity index (χ0) is 19.5. The van der Waals surface area contributed by atoms with Crippen molar-refractivity contribution in [1.29, 1.82) is 0 Å². The Morgan fingerprint density at radius 3 is 2.59 bits per heavy atom. The van der Waals surface area contributed by atoms with Gasteiger partial charge in [-0.15, -0.1) is 0 Å². The van der Waals surface area contributed by atoms with Crippen LogP contribution >= 0.6 is 0 Å². The lowest BCUT2D eigenvalue weighted by molar-refractivity contribution is -0.126. The molecule has 2 fully saturated rings. The molecule has 3 rings (SSSR count). The van der Waals surface area contributed by atoms with Gasteiger partial charge in [0.1, 0.15) is 6.04 Å². The lowest BCUT2D eigenvalue weighted by Gasteiger charge is -2.39. The van der Waals surface area contributed by atoms with E-state index in [4.69, 9.17) is 0 Å². The van der Waals surface area contributed by atoms with E-state index in [0.29, 0.717) is 19.5 Å². The van der Waals surface area contributed by atoms with E-state index in [0.717, 1.165) is 25.7 Å². The predicted molar refractivity (Wildman–Crippen MR) is 108 cm³/mol. The number of hydrogen-bond acceptors (Lipinski definition) is 3. The van der Waals surface area contributed by atoms with Crippen LogP contribution in [0, 0.1) is 6.92 Å². The second-order valence-corrected chi connectivity index (χ2v) is 10.2. The number of piperidine rings is 1. The average molecular weight is 393 g/mol. The molecule has 1 aromatic carbocycles. The summed E-state index contributed by atoms with van der Waals surface area (Å²) >= 11 is 0. The number of nitrogens with one attached hydrogen (secondary N) is 1. The lowest BCUT2D eigenvalue weighted by Crippen LogP contribution is -2.53. The molecule has 1 aliphatic heterocycles. The highest BCUT2D eigenvalue weighted by molar-refractivity contribution is 7.88. The van der Waals surface area contributed by atoms with Gasteiger partial charge in [-0.1, -0.05) is 55.5 Å². The van der Waals surface area contributed by atoms with Crippen molar-refractivity contribution in [2.75, 3.05) is 19.3 Å². The summed E-state index contributed by atoms with van der Waals surface area (Å²) in [7, 11) is -3.36. The van der Waals surface area contributed by atoms with E-state index in [2.05, 4.69) is 36.5 Å². The Bertz CT molecular complexity index is 769. The Hall–Kier alpha value is -1.40. The Labute approximate surface area is 163 Å². The molecule has 0 radical (unpaired) electrons. The van der Waals surface area contributed by atoms with E-state index in [-0.39, 0.29) is 11.3 Å². The average Bonchev–Trinajstić information content (AvgIpc) is 2.66. The van der Waals surface area contributed by atoms with Crippen molar-refractivity contribution < 1.29 is 13.2 Å². The number of hydrogen-bond donors (Lipinski definition) is 1. The third-order valence-electron chi connectivity index (χ3n) is 6.22. The molecule has 6 heteroatoms. The minimum atomic E-state index is -3.36. The van der Waals surface area contributed by atoms with Crippen LogP contribution in [0.1, 0.15) is 62.5 Å². The predicted octanol–water partition coefficient (Wildman–Crippen LogP) is 3.13. The van der Waals surface area contributed by atoms with Gasteiger partial charge >= 0.3 is 0 Å². The number of sulfonamides is 1. The van der Waals surface area contributed by atoms with Gasteiger partial charge in [0, 0.05) is 18.5 Å². The highest BCUT2D eigenvalue weighted by atomic mass is 32.2. The van der Waals surface area contributed by atoms with Gasteiger partial charge in [-0.05, 0) is 38.2 Å². The first kappa shape index (κ1) is 20.3. The number of carbonyl (C=O) groups is 1. The van der Waals surface area contributed by atoms with E-state index in [1.807, 2.05) is 0 Å². The summed E-state index contributed by atoms with van der Waals surface area (Å²) in [6.45, 7) is 3.13. The van der Waals surface area contributed by atoms with Crippen molar-refractivity contribution in [3.63, 3.8) is 0 Å². The molecule has 1 amide bonds. The molecule has 1 N–H and O–H groups in total. The van der Waals surface area contributed by atoms with Gasteiger partial charge in [0.15, 0.2) is 0 Å². The number of benzene rings is 1. The molecule has 5 nitrogen and oxygen atoms in total. The van der Waals surface area contributed by atoms with Crippen LogP contribution in [0.2, 0.25) is 0 Å². The van der Waals surface area contributed by atoms with Crippen LogP contribution in [-0.2, 0) is 20.2 Å². The summed E-state index contributed by atoms with van der Waals surface area (Å²) in [5.74, 6) is -0.141. The SMILES string of the molecule is Cc1cccc(C2(CNC(=O)[C@@H]3CCCCN3S(C)(=O)=O)CCCCC2)c1. The Morgan fingerprint density at radius 2 is 1.93 bits per heavy atom. The summed E-state index contributed by atoms with van der Waals surface area (Å²) < 4.78 is 25.5. The monoisotopic (exact) mass is 392 g/mol. The zero-order valence-corrected chi connectivity index (χ0v) is 17.4. The molecule has 1 heterocycles. The first-order valence-electron chi connectivity index (χ1n) is 10.1. The second kappa shape index (κ2) is 8.31. The maximum Gasteiger partial charge on any atom is 0.238 e. The fourth-order valence-corrected chi connectivity index (χ4v) is 5.83. The lowest BCUT2D eigenvalue weighted by atomic mass is 9.69. The summed E-state index contributed by atoms with van der Waals surface area (Å²) in [5.41, 5.74) is 2.50. The van der Waals surface area contributed by atoms with Crippen LogP contribution in [0.4, 0.5) is 0 Å².